The molecule has 2 N–H and O–H groups in total. The molecule has 0 aliphatic carbocycles. The Morgan fingerprint density at radius 1 is 1.28 bits per heavy atom. The average molecular weight is 411 g/mol. The van der Waals surface area contributed by atoms with Crippen molar-refractivity contribution in [2.24, 2.45) is 11.8 Å². The van der Waals surface area contributed by atoms with E-state index in [1.807, 2.05) is 7.05 Å². The van der Waals surface area contributed by atoms with Crippen molar-refractivity contribution < 1.29 is 4.79 Å². The summed E-state index contributed by atoms with van der Waals surface area (Å²) in [5.74, 6) is 2.51. The molecule has 2 atom stereocenters. The maximum atomic E-state index is 11.7. The SMILES string of the molecule is CN[C@H](C)CNc1c(C=O)sc2ccc3nc(N4CCC(C(C)C)C4)ccc3c12. The van der Waals surface area contributed by atoms with E-state index in [0.717, 1.165) is 69.2 Å². The summed E-state index contributed by atoms with van der Waals surface area (Å²) < 4.78 is 1.12. The number of aromatic nitrogens is 1. The summed E-state index contributed by atoms with van der Waals surface area (Å²) in [5.41, 5.74) is 1.92. The number of benzene rings is 1. The first-order chi connectivity index (χ1) is 14.0. The van der Waals surface area contributed by atoms with Gasteiger partial charge in [0.1, 0.15) is 5.82 Å². The number of pyridine rings is 1. The Hall–Kier alpha value is -2.18. The summed E-state index contributed by atoms with van der Waals surface area (Å²) in [7, 11) is 1.95. The Labute approximate surface area is 176 Å². The summed E-state index contributed by atoms with van der Waals surface area (Å²) in [4.78, 5) is 19.8. The highest BCUT2D eigenvalue weighted by atomic mass is 32.1. The lowest BCUT2D eigenvalue weighted by Gasteiger charge is -2.19. The number of hydrogen-bond donors (Lipinski definition) is 2. The third-order valence-corrected chi connectivity index (χ3v) is 7.29. The Morgan fingerprint density at radius 3 is 2.79 bits per heavy atom. The number of nitrogens with one attached hydrogen (secondary N) is 2. The fourth-order valence-electron chi connectivity index (χ4n) is 4.14. The highest BCUT2D eigenvalue weighted by molar-refractivity contribution is 7.21. The molecule has 0 spiro atoms. The van der Waals surface area contributed by atoms with E-state index >= 15 is 0 Å². The van der Waals surface area contributed by atoms with Crippen LogP contribution in [0.3, 0.4) is 0 Å². The fraction of sp³-hybridized carbons (Fsp3) is 0.478. The van der Waals surface area contributed by atoms with Crippen molar-refractivity contribution in [2.75, 3.05) is 36.9 Å². The third-order valence-electron chi connectivity index (χ3n) is 6.21. The van der Waals surface area contributed by atoms with Crippen molar-refractivity contribution >= 4 is 50.1 Å². The molecule has 154 valence electrons. The molecule has 1 fully saturated rings. The smallest absolute Gasteiger partial charge is 0.162 e. The number of rotatable bonds is 7. The van der Waals surface area contributed by atoms with Crippen molar-refractivity contribution in [3.05, 3.63) is 29.1 Å². The van der Waals surface area contributed by atoms with Crippen molar-refractivity contribution in [1.29, 1.82) is 0 Å². The summed E-state index contributed by atoms with van der Waals surface area (Å²) in [5, 5.41) is 8.95. The topological polar surface area (TPSA) is 57.3 Å². The normalized spacial score (nSPS) is 18.1. The van der Waals surface area contributed by atoms with Crippen LogP contribution in [0.25, 0.3) is 21.0 Å². The Balaban J connectivity index is 1.73. The molecule has 0 radical (unpaired) electrons. The molecule has 6 heteroatoms. The maximum Gasteiger partial charge on any atom is 0.162 e. The van der Waals surface area contributed by atoms with E-state index in [-0.39, 0.29) is 0 Å². The van der Waals surface area contributed by atoms with Gasteiger partial charge in [0.2, 0.25) is 0 Å². The molecule has 0 amide bonds. The molecule has 1 aliphatic rings. The zero-order valence-electron chi connectivity index (χ0n) is 17.7. The van der Waals surface area contributed by atoms with Gasteiger partial charge in [-0.1, -0.05) is 13.8 Å². The zero-order valence-corrected chi connectivity index (χ0v) is 18.5. The molecule has 3 aromatic rings. The fourth-order valence-corrected chi connectivity index (χ4v) is 5.15. The summed E-state index contributed by atoms with van der Waals surface area (Å²) in [6, 6.07) is 8.81. The molecular weight excluding hydrogens is 380 g/mol. The minimum Gasteiger partial charge on any atom is -0.382 e. The second-order valence-electron chi connectivity index (χ2n) is 8.44. The number of thiophene rings is 1. The van der Waals surface area contributed by atoms with Crippen LogP contribution in [0.4, 0.5) is 11.5 Å². The quantitative estimate of drug-likeness (QED) is 0.550. The predicted molar refractivity (Wildman–Crippen MR) is 125 cm³/mol. The molecule has 1 unspecified atom stereocenters. The van der Waals surface area contributed by atoms with E-state index < -0.39 is 0 Å². The molecule has 5 nitrogen and oxygen atoms in total. The van der Waals surface area contributed by atoms with Crippen LogP contribution in [0.5, 0.6) is 0 Å². The van der Waals surface area contributed by atoms with Crippen LogP contribution in [-0.2, 0) is 0 Å². The van der Waals surface area contributed by atoms with E-state index in [2.05, 4.69) is 60.6 Å². The molecule has 1 saturated heterocycles. The highest BCUT2D eigenvalue weighted by Crippen LogP contribution is 2.40. The van der Waals surface area contributed by atoms with Gasteiger partial charge in [0.05, 0.1) is 16.1 Å². The first-order valence-electron chi connectivity index (χ1n) is 10.5. The molecule has 2 aromatic heterocycles. The minimum atomic E-state index is 0.313. The molecular formula is C23H30N4OS. The predicted octanol–water partition coefficient (Wildman–Crippen LogP) is 4.76. The monoisotopic (exact) mass is 410 g/mol. The first-order valence-corrected chi connectivity index (χ1v) is 11.3. The molecule has 29 heavy (non-hydrogen) atoms. The van der Waals surface area contributed by atoms with Gasteiger partial charge in [-0.15, -0.1) is 11.3 Å². The standard InChI is InChI=1S/C23H30N4OS/c1-14(2)16-9-10-27(12-16)21-8-5-17-18(26-21)6-7-19-22(17)23(20(13-28)29-19)25-11-15(3)24-4/h5-8,13-16,24-25H,9-12H2,1-4H3/t15-,16?/m1/s1. The van der Waals surface area contributed by atoms with Crippen LogP contribution < -0.4 is 15.5 Å². The molecule has 0 bridgehead atoms. The van der Waals surface area contributed by atoms with Gasteiger partial charge in [-0.05, 0) is 56.5 Å². The number of aldehydes is 1. The number of carbonyl (C=O) groups is 1. The van der Waals surface area contributed by atoms with Crippen LogP contribution in [0.2, 0.25) is 0 Å². The van der Waals surface area contributed by atoms with Gasteiger partial charge in [0, 0.05) is 41.1 Å². The number of likely N-dealkylation sites (N-methyl/N-ethyl adjacent to an activating group) is 1. The molecule has 0 saturated carbocycles. The highest BCUT2D eigenvalue weighted by Gasteiger charge is 2.26. The maximum absolute atomic E-state index is 11.7. The van der Waals surface area contributed by atoms with E-state index in [0.29, 0.717) is 12.0 Å². The summed E-state index contributed by atoms with van der Waals surface area (Å²) in [6.07, 6.45) is 2.20. The zero-order chi connectivity index (χ0) is 20.5. The Morgan fingerprint density at radius 2 is 2.10 bits per heavy atom. The van der Waals surface area contributed by atoms with Crippen molar-refractivity contribution in [2.45, 2.75) is 33.2 Å². The summed E-state index contributed by atoms with van der Waals surface area (Å²) >= 11 is 1.54. The van der Waals surface area contributed by atoms with Crippen LogP contribution in [-0.4, -0.2) is 44.0 Å². The third kappa shape index (κ3) is 3.83. The Kier molecular flexibility index (Phi) is 5.74. The lowest BCUT2D eigenvalue weighted by atomic mass is 9.95. The second-order valence-corrected chi connectivity index (χ2v) is 9.53. The lowest BCUT2D eigenvalue weighted by molar-refractivity contribution is 0.112. The van der Waals surface area contributed by atoms with Gasteiger partial charge < -0.3 is 15.5 Å². The second kappa shape index (κ2) is 8.28. The molecule has 1 aliphatic heterocycles. The van der Waals surface area contributed by atoms with Crippen LogP contribution in [0.1, 0.15) is 36.9 Å². The molecule has 1 aromatic carbocycles. The van der Waals surface area contributed by atoms with Crippen molar-refractivity contribution in [3.8, 4) is 0 Å². The molecule has 3 heterocycles. The first kappa shape index (κ1) is 20.1. The van der Waals surface area contributed by atoms with E-state index in [1.54, 1.807) is 11.3 Å². The summed E-state index contributed by atoms with van der Waals surface area (Å²) in [6.45, 7) is 9.66. The van der Waals surface area contributed by atoms with Gasteiger partial charge in [0.25, 0.3) is 0 Å². The van der Waals surface area contributed by atoms with Crippen LogP contribution in [0.15, 0.2) is 24.3 Å². The number of hydrogen-bond acceptors (Lipinski definition) is 6. The van der Waals surface area contributed by atoms with E-state index in [1.165, 1.54) is 6.42 Å². The lowest BCUT2D eigenvalue weighted by Crippen LogP contribution is -2.29. The largest absolute Gasteiger partial charge is 0.382 e. The average Bonchev–Trinajstić information content (AvgIpc) is 3.36. The van der Waals surface area contributed by atoms with E-state index in [4.69, 9.17) is 4.98 Å². The van der Waals surface area contributed by atoms with Crippen molar-refractivity contribution in [3.63, 3.8) is 0 Å². The Bertz CT molecular complexity index is 1030. The van der Waals surface area contributed by atoms with Crippen molar-refractivity contribution in [1.82, 2.24) is 10.3 Å². The number of fused-ring (bicyclic) bond motifs is 3. The van der Waals surface area contributed by atoms with Gasteiger partial charge >= 0.3 is 0 Å². The van der Waals surface area contributed by atoms with Gasteiger partial charge in [-0.2, -0.15) is 0 Å². The van der Waals surface area contributed by atoms with Gasteiger partial charge in [-0.25, -0.2) is 4.98 Å². The van der Waals surface area contributed by atoms with Crippen LogP contribution in [0, 0.1) is 11.8 Å². The minimum absolute atomic E-state index is 0.313. The number of anilines is 2. The number of carbonyl (C=O) groups excluding carboxylic acids is 1. The molecule has 4 rings (SSSR count). The number of nitrogens with zero attached hydrogens (tertiary/aromatic N) is 2. The van der Waals surface area contributed by atoms with E-state index in [9.17, 15) is 4.79 Å². The van der Waals surface area contributed by atoms with Crippen LogP contribution >= 0.6 is 11.3 Å². The van der Waals surface area contributed by atoms with Gasteiger partial charge in [0.15, 0.2) is 6.29 Å². The van der Waals surface area contributed by atoms with Gasteiger partial charge in [-0.3, -0.25) is 4.79 Å².